The van der Waals surface area contributed by atoms with Gasteiger partial charge in [0.1, 0.15) is 0 Å². The van der Waals surface area contributed by atoms with E-state index in [4.69, 9.17) is 5.73 Å². The zero-order valence-corrected chi connectivity index (χ0v) is 14.2. The zero-order chi connectivity index (χ0) is 15.1. The first-order chi connectivity index (χ1) is 9.40. The average Bonchev–Trinajstić information content (AvgIpc) is 2.60. The fraction of sp³-hybridized carbons (Fsp3) is 0.867. The van der Waals surface area contributed by atoms with Crippen LogP contribution in [0.15, 0.2) is 0 Å². The third-order valence-corrected chi connectivity index (χ3v) is 4.07. The van der Waals surface area contributed by atoms with E-state index in [9.17, 15) is 9.59 Å². The van der Waals surface area contributed by atoms with Crippen molar-refractivity contribution in [1.82, 2.24) is 10.6 Å². The minimum absolute atomic E-state index is 0. The molecule has 2 amide bonds. The highest BCUT2D eigenvalue weighted by Gasteiger charge is 2.20. The van der Waals surface area contributed by atoms with Crippen molar-refractivity contribution in [3.63, 3.8) is 0 Å². The summed E-state index contributed by atoms with van der Waals surface area (Å²) in [6.45, 7) is 6.05. The first-order valence-corrected chi connectivity index (χ1v) is 7.72. The molecule has 5 nitrogen and oxygen atoms in total. The number of amides is 2. The Morgan fingerprint density at radius 1 is 1.19 bits per heavy atom. The highest BCUT2D eigenvalue weighted by Crippen LogP contribution is 2.22. The molecule has 1 rings (SSSR count). The minimum Gasteiger partial charge on any atom is -0.352 e. The van der Waals surface area contributed by atoms with Gasteiger partial charge in [-0.15, -0.1) is 12.4 Å². The number of carbonyl (C=O) groups is 2. The summed E-state index contributed by atoms with van der Waals surface area (Å²) in [5.74, 6) is 0.445. The maximum Gasteiger partial charge on any atom is 0.239 e. The Hall–Kier alpha value is -0.810. The predicted molar refractivity (Wildman–Crippen MR) is 87.3 cm³/mol. The third-order valence-electron chi connectivity index (χ3n) is 4.07. The van der Waals surface area contributed by atoms with Crippen LogP contribution in [0.25, 0.3) is 0 Å². The van der Waals surface area contributed by atoms with Gasteiger partial charge in [0, 0.05) is 6.04 Å². The van der Waals surface area contributed by atoms with Gasteiger partial charge in [-0.2, -0.15) is 0 Å². The van der Waals surface area contributed by atoms with Gasteiger partial charge >= 0.3 is 0 Å². The molecule has 0 spiro atoms. The summed E-state index contributed by atoms with van der Waals surface area (Å²) >= 11 is 0. The van der Waals surface area contributed by atoms with Crippen molar-refractivity contribution >= 4 is 24.2 Å². The lowest BCUT2D eigenvalue weighted by Gasteiger charge is -2.18. The van der Waals surface area contributed by atoms with E-state index in [0.717, 1.165) is 31.6 Å². The molecule has 0 aromatic carbocycles. The Kier molecular flexibility index (Phi) is 9.62. The smallest absolute Gasteiger partial charge is 0.239 e. The van der Waals surface area contributed by atoms with Crippen LogP contribution < -0.4 is 16.4 Å². The molecule has 0 saturated heterocycles. The second kappa shape index (κ2) is 10.0. The lowest BCUT2D eigenvalue weighted by molar-refractivity contribution is -0.127. The highest BCUT2D eigenvalue weighted by atomic mass is 35.5. The molecule has 1 saturated carbocycles. The van der Waals surface area contributed by atoms with Gasteiger partial charge in [0.05, 0.1) is 12.6 Å². The monoisotopic (exact) mass is 319 g/mol. The first kappa shape index (κ1) is 20.2. The van der Waals surface area contributed by atoms with Crippen LogP contribution in [0.4, 0.5) is 0 Å². The Morgan fingerprint density at radius 2 is 1.86 bits per heavy atom. The van der Waals surface area contributed by atoms with E-state index in [2.05, 4.69) is 17.6 Å². The summed E-state index contributed by atoms with van der Waals surface area (Å²) < 4.78 is 0. The van der Waals surface area contributed by atoms with Crippen molar-refractivity contribution in [3.8, 4) is 0 Å². The number of hydrogen-bond acceptors (Lipinski definition) is 3. The standard InChI is InChI=1S/C15H29N3O2.ClH/c1-10(2)14(16)15(20)17-9-13(19)18-12-6-4-5-11(3)7-8-12;/h10-12,14H,4-9,16H2,1-3H3,(H,17,20)(H,18,19);1H/t11?,12?,14-;/m0./s1. The number of carbonyl (C=O) groups excluding carboxylic acids is 2. The molecule has 124 valence electrons. The van der Waals surface area contributed by atoms with Crippen LogP contribution in [-0.2, 0) is 9.59 Å². The Labute approximate surface area is 134 Å². The van der Waals surface area contributed by atoms with Gasteiger partial charge in [0.15, 0.2) is 0 Å². The molecular formula is C15H30ClN3O2. The van der Waals surface area contributed by atoms with Gasteiger partial charge in [-0.05, 0) is 31.1 Å². The molecule has 1 aliphatic carbocycles. The van der Waals surface area contributed by atoms with E-state index < -0.39 is 6.04 Å². The summed E-state index contributed by atoms with van der Waals surface area (Å²) in [4.78, 5) is 23.5. The number of nitrogens with one attached hydrogen (secondary N) is 2. The number of halogens is 1. The van der Waals surface area contributed by atoms with Gasteiger partial charge in [0.25, 0.3) is 0 Å². The zero-order valence-electron chi connectivity index (χ0n) is 13.4. The summed E-state index contributed by atoms with van der Waals surface area (Å²) in [7, 11) is 0. The maximum absolute atomic E-state index is 11.8. The van der Waals surface area contributed by atoms with E-state index in [1.807, 2.05) is 13.8 Å². The molecule has 0 radical (unpaired) electrons. The lowest BCUT2D eigenvalue weighted by Crippen LogP contribution is -2.48. The SMILES string of the molecule is CC1CCCC(NC(=O)CNC(=O)[C@@H](N)C(C)C)CC1.Cl. The molecule has 6 heteroatoms. The quantitative estimate of drug-likeness (QED) is 0.673. The van der Waals surface area contributed by atoms with Gasteiger partial charge < -0.3 is 16.4 Å². The maximum atomic E-state index is 11.8. The fourth-order valence-corrected chi connectivity index (χ4v) is 2.50. The topological polar surface area (TPSA) is 84.2 Å². The molecule has 4 N–H and O–H groups in total. The predicted octanol–water partition coefficient (Wildman–Crippen LogP) is 1.59. The van der Waals surface area contributed by atoms with Crippen LogP contribution in [-0.4, -0.2) is 30.4 Å². The molecular weight excluding hydrogens is 290 g/mol. The van der Waals surface area contributed by atoms with Crippen LogP contribution in [0.2, 0.25) is 0 Å². The number of rotatable bonds is 5. The van der Waals surface area contributed by atoms with E-state index >= 15 is 0 Å². The molecule has 0 aromatic rings. The first-order valence-electron chi connectivity index (χ1n) is 7.72. The van der Waals surface area contributed by atoms with Gasteiger partial charge in [-0.25, -0.2) is 0 Å². The average molecular weight is 320 g/mol. The summed E-state index contributed by atoms with van der Waals surface area (Å²) in [6, 6.07) is -0.301. The lowest BCUT2D eigenvalue weighted by atomic mass is 10.0. The summed E-state index contributed by atoms with van der Waals surface area (Å²) in [6.07, 6.45) is 5.64. The van der Waals surface area contributed by atoms with Crippen LogP contribution >= 0.6 is 12.4 Å². The van der Waals surface area contributed by atoms with Crippen molar-refractivity contribution in [3.05, 3.63) is 0 Å². The normalized spacial score (nSPS) is 23.7. The molecule has 1 aliphatic rings. The van der Waals surface area contributed by atoms with E-state index in [1.54, 1.807) is 0 Å². The fourth-order valence-electron chi connectivity index (χ4n) is 2.50. The Morgan fingerprint density at radius 3 is 2.48 bits per heavy atom. The third kappa shape index (κ3) is 7.67. The van der Waals surface area contributed by atoms with E-state index in [1.165, 1.54) is 6.42 Å². The molecule has 0 aromatic heterocycles. The van der Waals surface area contributed by atoms with Crippen LogP contribution in [0.5, 0.6) is 0 Å². The molecule has 21 heavy (non-hydrogen) atoms. The van der Waals surface area contributed by atoms with Gasteiger partial charge in [0.2, 0.25) is 11.8 Å². The van der Waals surface area contributed by atoms with E-state index in [-0.39, 0.29) is 42.7 Å². The van der Waals surface area contributed by atoms with Crippen LogP contribution in [0.3, 0.4) is 0 Å². The van der Waals surface area contributed by atoms with Crippen molar-refractivity contribution in [1.29, 1.82) is 0 Å². The van der Waals surface area contributed by atoms with E-state index in [0.29, 0.717) is 0 Å². The Bertz CT molecular complexity index is 337. The highest BCUT2D eigenvalue weighted by molar-refractivity contribution is 5.87. The molecule has 1 fully saturated rings. The number of nitrogens with two attached hydrogens (primary N) is 1. The van der Waals surface area contributed by atoms with Gasteiger partial charge in [-0.3, -0.25) is 9.59 Å². The molecule has 2 unspecified atom stereocenters. The summed E-state index contributed by atoms with van der Waals surface area (Å²) in [5, 5.41) is 5.61. The van der Waals surface area contributed by atoms with Crippen molar-refractivity contribution in [2.24, 2.45) is 17.6 Å². The molecule has 0 heterocycles. The molecule has 3 atom stereocenters. The second-order valence-corrected chi connectivity index (χ2v) is 6.37. The van der Waals surface area contributed by atoms with Crippen molar-refractivity contribution < 1.29 is 9.59 Å². The van der Waals surface area contributed by atoms with Crippen molar-refractivity contribution in [2.75, 3.05) is 6.54 Å². The minimum atomic E-state index is -0.554. The Balaban J connectivity index is 0.00000400. The largest absolute Gasteiger partial charge is 0.352 e. The second-order valence-electron chi connectivity index (χ2n) is 6.37. The summed E-state index contributed by atoms with van der Waals surface area (Å²) in [5.41, 5.74) is 5.72. The van der Waals surface area contributed by atoms with Crippen molar-refractivity contribution in [2.45, 2.75) is 65.0 Å². The molecule has 0 aliphatic heterocycles. The van der Waals surface area contributed by atoms with Gasteiger partial charge in [-0.1, -0.05) is 33.6 Å². The number of hydrogen-bond donors (Lipinski definition) is 3. The van der Waals surface area contributed by atoms with Crippen LogP contribution in [0, 0.1) is 11.8 Å². The molecule has 0 bridgehead atoms. The van der Waals surface area contributed by atoms with Crippen LogP contribution in [0.1, 0.15) is 52.9 Å².